The Kier molecular flexibility index (Phi) is 4.03. The summed E-state index contributed by atoms with van der Waals surface area (Å²) in [5.74, 6) is 0.839. The molecule has 4 heteroatoms. The van der Waals surface area contributed by atoms with Gasteiger partial charge in [0.25, 0.3) is 0 Å². The minimum absolute atomic E-state index is 0.700. The average molecular weight is 265 g/mol. The summed E-state index contributed by atoms with van der Waals surface area (Å²) >= 11 is 9.29. The standard InChI is InChI=1S/C9H11BrClNO/c1-12-5-6-3-8(11)7(10)4-9(6)13-2/h3-4,12H,5H2,1-2H3. The molecule has 0 aliphatic rings. The molecule has 0 atom stereocenters. The number of rotatable bonds is 3. The fourth-order valence-electron chi connectivity index (χ4n) is 1.09. The molecular weight excluding hydrogens is 253 g/mol. The molecule has 13 heavy (non-hydrogen) atoms. The van der Waals surface area contributed by atoms with Crippen LogP contribution in [0, 0.1) is 0 Å². The largest absolute Gasteiger partial charge is 0.496 e. The van der Waals surface area contributed by atoms with Gasteiger partial charge in [-0.15, -0.1) is 0 Å². The van der Waals surface area contributed by atoms with Crippen LogP contribution in [0.1, 0.15) is 5.56 Å². The Labute approximate surface area is 91.4 Å². The van der Waals surface area contributed by atoms with E-state index >= 15 is 0 Å². The van der Waals surface area contributed by atoms with Crippen molar-refractivity contribution in [3.8, 4) is 5.75 Å². The molecular formula is C9H11BrClNO. The number of halogens is 2. The molecule has 0 aliphatic carbocycles. The molecule has 72 valence electrons. The lowest BCUT2D eigenvalue weighted by Crippen LogP contribution is -2.06. The van der Waals surface area contributed by atoms with E-state index in [1.165, 1.54) is 0 Å². The van der Waals surface area contributed by atoms with Gasteiger partial charge in [0.2, 0.25) is 0 Å². The summed E-state index contributed by atoms with van der Waals surface area (Å²) in [4.78, 5) is 0. The van der Waals surface area contributed by atoms with Crippen LogP contribution in [-0.2, 0) is 6.54 Å². The van der Waals surface area contributed by atoms with Crippen molar-refractivity contribution < 1.29 is 4.74 Å². The van der Waals surface area contributed by atoms with E-state index in [2.05, 4.69) is 21.2 Å². The van der Waals surface area contributed by atoms with Crippen molar-refractivity contribution in [2.45, 2.75) is 6.54 Å². The van der Waals surface area contributed by atoms with Crippen molar-refractivity contribution in [2.24, 2.45) is 0 Å². The minimum Gasteiger partial charge on any atom is -0.496 e. The van der Waals surface area contributed by atoms with E-state index < -0.39 is 0 Å². The molecule has 0 spiro atoms. The van der Waals surface area contributed by atoms with Crippen molar-refractivity contribution in [1.82, 2.24) is 5.32 Å². The van der Waals surface area contributed by atoms with E-state index in [1.54, 1.807) is 7.11 Å². The van der Waals surface area contributed by atoms with Crippen molar-refractivity contribution in [3.63, 3.8) is 0 Å². The van der Waals surface area contributed by atoms with E-state index in [0.29, 0.717) is 5.02 Å². The molecule has 1 aromatic carbocycles. The van der Waals surface area contributed by atoms with Crippen LogP contribution < -0.4 is 10.1 Å². The smallest absolute Gasteiger partial charge is 0.124 e. The van der Waals surface area contributed by atoms with Crippen LogP contribution in [0.4, 0.5) is 0 Å². The molecule has 1 rings (SSSR count). The first-order valence-corrected chi connectivity index (χ1v) is 5.02. The first-order chi connectivity index (χ1) is 6.19. The maximum Gasteiger partial charge on any atom is 0.124 e. The second-order valence-electron chi connectivity index (χ2n) is 2.61. The summed E-state index contributed by atoms with van der Waals surface area (Å²) in [5.41, 5.74) is 1.05. The number of benzene rings is 1. The zero-order valence-corrected chi connectivity index (χ0v) is 9.87. The number of hydrogen-bond acceptors (Lipinski definition) is 2. The number of nitrogens with one attached hydrogen (secondary N) is 1. The summed E-state index contributed by atoms with van der Waals surface area (Å²) < 4.78 is 6.06. The fraction of sp³-hybridized carbons (Fsp3) is 0.333. The summed E-state index contributed by atoms with van der Waals surface area (Å²) in [6.07, 6.45) is 0. The Balaban J connectivity index is 3.09. The van der Waals surface area contributed by atoms with E-state index in [4.69, 9.17) is 16.3 Å². The Hall–Kier alpha value is -0.250. The van der Waals surface area contributed by atoms with Crippen LogP contribution in [0.3, 0.4) is 0 Å². The molecule has 0 aromatic heterocycles. The van der Waals surface area contributed by atoms with Crippen molar-refractivity contribution in [1.29, 1.82) is 0 Å². The molecule has 0 saturated carbocycles. The minimum atomic E-state index is 0.700. The lowest BCUT2D eigenvalue weighted by Gasteiger charge is -2.09. The van der Waals surface area contributed by atoms with Gasteiger partial charge in [-0.25, -0.2) is 0 Å². The second-order valence-corrected chi connectivity index (χ2v) is 3.87. The highest BCUT2D eigenvalue weighted by atomic mass is 79.9. The molecule has 0 saturated heterocycles. The normalized spacial score (nSPS) is 10.2. The third kappa shape index (κ3) is 2.59. The third-order valence-electron chi connectivity index (χ3n) is 1.69. The third-order valence-corrected chi connectivity index (χ3v) is 2.89. The topological polar surface area (TPSA) is 21.3 Å². The average Bonchev–Trinajstić information content (AvgIpc) is 2.11. The molecule has 0 bridgehead atoms. The van der Waals surface area contributed by atoms with Gasteiger partial charge in [-0.3, -0.25) is 0 Å². The molecule has 0 radical (unpaired) electrons. The zero-order chi connectivity index (χ0) is 9.84. The quantitative estimate of drug-likeness (QED) is 0.906. The van der Waals surface area contributed by atoms with Crippen molar-refractivity contribution in [2.75, 3.05) is 14.2 Å². The fourth-order valence-corrected chi connectivity index (χ4v) is 1.60. The number of hydrogen-bond donors (Lipinski definition) is 1. The first-order valence-electron chi connectivity index (χ1n) is 3.85. The summed E-state index contributed by atoms with van der Waals surface area (Å²) in [5, 5.41) is 3.75. The Morgan fingerprint density at radius 1 is 1.54 bits per heavy atom. The molecule has 0 amide bonds. The van der Waals surface area contributed by atoms with Gasteiger partial charge in [-0.1, -0.05) is 11.6 Å². The van der Waals surface area contributed by atoms with E-state index in [1.807, 2.05) is 19.2 Å². The van der Waals surface area contributed by atoms with Gasteiger partial charge in [0.1, 0.15) is 5.75 Å². The monoisotopic (exact) mass is 263 g/mol. The van der Waals surface area contributed by atoms with Gasteiger partial charge < -0.3 is 10.1 Å². The van der Waals surface area contributed by atoms with E-state index in [0.717, 1.165) is 22.3 Å². The maximum atomic E-state index is 5.95. The predicted octanol–water partition coefficient (Wildman–Crippen LogP) is 2.83. The highest BCUT2D eigenvalue weighted by molar-refractivity contribution is 9.10. The lowest BCUT2D eigenvalue weighted by molar-refractivity contribution is 0.408. The van der Waals surface area contributed by atoms with E-state index in [9.17, 15) is 0 Å². The van der Waals surface area contributed by atoms with Crippen molar-refractivity contribution in [3.05, 3.63) is 27.2 Å². The van der Waals surface area contributed by atoms with Gasteiger partial charge in [0, 0.05) is 16.6 Å². The second kappa shape index (κ2) is 4.84. The van der Waals surface area contributed by atoms with Gasteiger partial charge in [-0.2, -0.15) is 0 Å². The summed E-state index contributed by atoms with van der Waals surface area (Å²) in [6, 6.07) is 3.76. The Bertz CT molecular complexity index is 304. The predicted molar refractivity (Wildman–Crippen MR) is 58.5 cm³/mol. The highest BCUT2D eigenvalue weighted by Gasteiger charge is 2.06. The van der Waals surface area contributed by atoms with Crippen LogP contribution >= 0.6 is 27.5 Å². The van der Waals surface area contributed by atoms with Gasteiger partial charge in [0.05, 0.1) is 12.1 Å². The highest BCUT2D eigenvalue weighted by Crippen LogP contribution is 2.30. The maximum absolute atomic E-state index is 5.95. The van der Waals surface area contributed by atoms with Crippen LogP contribution in [0.25, 0.3) is 0 Å². The molecule has 1 aromatic rings. The van der Waals surface area contributed by atoms with Crippen LogP contribution in [-0.4, -0.2) is 14.2 Å². The number of methoxy groups -OCH3 is 1. The molecule has 1 N–H and O–H groups in total. The van der Waals surface area contributed by atoms with Crippen LogP contribution in [0.15, 0.2) is 16.6 Å². The lowest BCUT2D eigenvalue weighted by atomic mass is 10.2. The molecule has 0 unspecified atom stereocenters. The molecule has 0 aliphatic heterocycles. The van der Waals surface area contributed by atoms with E-state index in [-0.39, 0.29) is 0 Å². The van der Waals surface area contributed by atoms with Crippen LogP contribution in [0.2, 0.25) is 5.02 Å². The first kappa shape index (κ1) is 10.8. The van der Waals surface area contributed by atoms with Gasteiger partial charge in [0.15, 0.2) is 0 Å². The zero-order valence-electron chi connectivity index (χ0n) is 7.53. The van der Waals surface area contributed by atoms with Gasteiger partial charge in [-0.05, 0) is 35.1 Å². The molecule has 0 fully saturated rings. The Morgan fingerprint density at radius 3 is 2.77 bits per heavy atom. The molecule has 0 heterocycles. The van der Waals surface area contributed by atoms with Gasteiger partial charge >= 0.3 is 0 Å². The SMILES string of the molecule is CNCc1cc(Cl)c(Br)cc1OC. The van der Waals surface area contributed by atoms with Crippen molar-refractivity contribution >= 4 is 27.5 Å². The number of ether oxygens (including phenoxy) is 1. The summed E-state index contributed by atoms with van der Waals surface area (Å²) in [6.45, 7) is 0.746. The Morgan fingerprint density at radius 2 is 2.23 bits per heavy atom. The summed E-state index contributed by atoms with van der Waals surface area (Å²) in [7, 11) is 3.53. The molecule has 2 nitrogen and oxygen atoms in total. The van der Waals surface area contributed by atoms with Crippen LogP contribution in [0.5, 0.6) is 5.75 Å².